The number of carbonyl (C=O) groups excluding carboxylic acids is 1. The summed E-state index contributed by atoms with van der Waals surface area (Å²) < 4.78 is 34.4. The monoisotopic (exact) mass is 1400 g/mol. The van der Waals surface area contributed by atoms with Crippen LogP contribution in [0, 0.1) is 0 Å². The molecule has 3 saturated heterocycles. The van der Waals surface area contributed by atoms with Gasteiger partial charge in [0.2, 0.25) is 5.91 Å². The van der Waals surface area contributed by atoms with E-state index in [9.17, 15) is 61.0 Å². The molecule has 98 heavy (non-hydrogen) atoms. The van der Waals surface area contributed by atoms with E-state index in [0.717, 1.165) is 38.5 Å². The van der Waals surface area contributed by atoms with Gasteiger partial charge in [0.15, 0.2) is 18.9 Å². The summed E-state index contributed by atoms with van der Waals surface area (Å²) in [5, 5.41) is 121. The molecule has 19 heteroatoms. The molecule has 0 aromatic rings. The average molecular weight is 1400 g/mol. The van der Waals surface area contributed by atoms with E-state index in [1.165, 1.54) is 270 Å². The fourth-order valence-electron chi connectivity index (χ4n) is 14.0. The zero-order chi connectivity index (χ0) is 71.1. The Morgan fingerprint density at radius 3 is 1.02 bits per heavy atom. The lowest BCUT2D eigenvalue weighted by Crippen LogP contribution is -2.66. The van der Waals surface area contributed by atoms with Crippen LogP contribution in [0.15, 0.2) is 24.3 Å². The van der Waals surface area contributed by atoms with Gasteiger partial charge in [0, 0.05) is 6.42 Å². The molecule has 3 rings (SSSR count). The number of amides is 1. The van der Waals surface area contributed by atoms with Gasteiger partial charge in [-0.05, 0) is 32.1 Å². The van der Waals surface area contributed by atoms with Crippen LogP contribution in [0.5, 0.6) is 0 Å². The highest BCUT2D eigenvalue weighted by molar-refractivity contribution is 5.76. The molecule has 1 amide bonds. The summed E-state index contributed by atoms with van der Waals surface area (Å²) in [5.41, 5.74) is 0. The topological polar surface area (TPSA) is 307 Å². The number of ether oxygens (including phenoxy) is 6. The van der Waals surface area contributed by atoms with Gasteiger partial charge in [0.25, 0.3) is 0 Å². The zero-order valence-corrected chi connectivity index (χ0v) is 61.8. The second kappa shape index (κ2) is 60.5. The van der Waals surface area contributed by atoms with Crippen LogP contribution in [0.3, 0.4) is 0 Å². The maximum absolute atomic E-state index is 13.5. The Labute approximate surface area is 594 Å². The van der Waals surface area contributed by atoms with Gasteiger partial charge in [-0.1, -0.05) is 327 Å². The van der Waals surface area contributed by atoms with Crippen molar-refractivity contribution in [2.75, 3.05) is 26.4 Å². The Hall–Kier alpha value is -1.73. The summed E-state index contributed by atoms with van der Waals surface area (Å²) in [4.78, 5) is 13.5. The van der Waals surface area contributed by atoms with E-state index in [1.807, 2.05) is 6.08 Å². The molecular weight excluding hydrogens is 1250 g/mol. The molecule has 12 N–H and O–H groups in total. The summed E-state index contributed by atoms with van der Waals surface area (Å²) >= 11 is 0. The maximum Gasteiger partial charge on any atom is 0.220 e. The van der Waals surface area contributed by atoms with Gasteiger partial charge < -0.3 is 89.9 Å². The summed E-state index contributed by atoms with van der Waals surface area (Å²) in [6, 6.07) is -0.988. The fourth-order valence-corrected chi connectivity index (χ4v) is 14.0. The van der Waals surface area contributed by atoms with E-state index in [-0.39, 0.29) is 18.9 Å². The molecule has 0 bridgehead atoms. The van der Waals surface area contributed by atoms with Gasteiger partial charge in [0.1, 0.15) is 73.2 Å². The first-order valence-electron chi connectivity index (χ1n) is 40.6. The number of carbonyl (C=O) groups is 1. The van der Waals surface area contributed by atoms with Gasteiger partial charge in [-0.25, -0.2) is 0 Å². The van der Waals surface area contributed by atoms with Gasteiger partial charge in [-0.15, -0.1) is 0 Å². The normalized spacial score (nSPS) is 26.8. The number of aliphatic hydroxyl groups is 11. The lowest BCUT2D eigenvalue weighted by atomic mass is 9.96. The minimum atomic E-state index is -1.98. The Morgan fingerprint density at radius 1 is 0.357 bits per heavy atom. The van der Waals surface area contributed by atoms with Crippen molar-refractivity contribution in [1.82, 2.24) is 5.32 Å². The van der Waals surface area contributed by atoms with Crippen molar-refractivity contribution in [2.45, 2.75) is 446 Å². The second-order valence-electron chi connectivity index (χ2n) is 29.2. The highest BCUT2D eigenvalue weighted by Gasteiger charge is 2.54. The molecule has 0 aliphatic carbocycles. The van der Waals surface area contributed by atoms with Crippen LogP contribution in [0.2, 0.25) is 0 Å². The lowest BCUT2D eigenvalue weighted by Gasteiger charge is -2.48. The molecule has 3 aliphatic rings. The molecular formula is C79H149NO18. The van der Waals surface area contributed by atoms with Crippen molar-refractivity contribution in [2.24, 2.45) is 0 Å². The standard InChI is InChI=1S/C79H149NO18/c1-3-5-7-9-11-13-15-17-19-21-23-25-27-29-31-33-35-37-39-41-43-45-47-49-51-53-55-57-67(85)80-62(63(84)56-54-52-50-48-46-44-42-40-38-36-34-32-30-28-26-24-22-20-18-16-14-12-10-8-6-4-2)61-93-77-73(91)70(88)75(65(59-82)95-77)98-79-74(92)71(89)76(66(60-83)96-79)97-78-72(90)69(87)68(86)64(58-81)94-78/h46,48,54,56,62-66,68-79,81-84,86-92H,3-45,47,49-53,55,57-61H2,1-2H3,(H,80,85)/b48-46+,56-54+. The molecule has 17 unspecified atom stereocenters. The van der Waals surface area contributed by atoms with Crippen LogP contribution in [0.4, 0.5) is 0 Å². The molecule has 0 spiro atoms. The van der Waals surface area contributed by atoms with Crippen molar-refractivity contribution in [3.8, 4) is 0 Å². The van der Waals surface area contributed by atoms with Crippen LogP contribution < -0.4 is 5.32 Å². The Bertz CT molecular complexity index is 1870. The first-order chi connectivity index (χ1) is 47.8. The number of allylic oxidation sites excluding steroid dienone is 3. The molecule has 3 heterocycles. The first-order valence-corrected chi connectivity index (χ1v) is 40.6. The van der Waals surface area contributed by atoms with Crippen LogP contribution in [-0.4, -0.2) is 193 Å². The molecule has 0 saturated carbocycles. The van der Waals surface area contributed by atoms with Crippen molar-refractivity contribution < 1.29 is 89.4 Å². The third-order valence-electron chi connectivity index (χ3n) is 20.5. The van der Waals surface area contributed by atoms with E-state index < -0.39 is 124 Å². The van der Waals surface area contributed by atoms with Gasteiger partial charge in [-0.3, -0.25) is 4.79 Å². The number of hydrogen-bond acceptors (Lipinski definition) is 18. The van der Waals surface area contributed by atoms with Crippen molar-refractivity contribution >= 4 is 5.91 Å². The summed E-state index contributed by atoms with van der Waals surface area (Å²) in [5.74, 6) is -0.277. The van der Waals surface area contributed by atoms with Crippen molar-refractivity contribution in [3.63, 3.8) is 0 Å². The van der Waals surface area contributed by atoms with E-state index in [1.54, 1.807) is 6.08 Å². The lowest BCUT2D eigenvalue weighted by molar-refractivity contribution is -0.379. The molecule has 17 atom stereocenters. The van der Waals surface area contributed by atoms with Gasteiger partial charge in [0.05, 0.1) is 38.6 Å². The van der Waals surface area contributed by atoms with Crippen molar-refractivity contribution in [1.29, 1.82) is 0 Å². The molecule has 3 aliphatic heterocycles. The average Bonchev–Trinajstić information content (AvgIpc) is 0.785. The van der Waals surface area contributed by atoms with Crippen LogP contribution in [-0.2, 0) is 33.2 Å². The molecule has 19 nitrogen and oxygen atoms in total. The Balaban J connectivity index is 1.39. The van der Waals surface area contributed by atoms with Crippen LogP contribution in [0.1, 0.15) is 341 Å². The fraction of sp³-hybridized carbons (Fsp3) is 0.937. The highest BCUT2D eigenvalue weighted by atomic mass is 16.8. The minimum Gasteiger partial charge on any atom is -0.394 e. The van der Waals surface area contributed by atoms with Crippen LogP contribution in [0.25, 0.3) is 0 Å². The second-order valence-corrected chi connectivity index (χ2v) is 29.2. The first kappa shape index (κ1) is 90.5. The smallest absolute Gasteiger partial charge is 0.220 e. The molecule has 0 radical (unpaired) electrons. The van der Waals surface area contributed by atoms with E-state index >= 15 is 0 Å². The largest absolute Gasteiger partial charge is 0.394 e. The molecule has 0 aromatic heterocycles. The predicted octanol–water partition coefficient (Wildman–Crippen LogP) is 13.3. The highest BCUT2D eigenvalue weighted by Crippen LogP contribution is 2.33. The Morgan fingerprint density at radius 2 is 0.653 bits per heavy atom. The summed E-state index contributed by atoms with van der Waals surface area (Å²) in [6.07, 6.45) is 46.0. The van der Waals surface area contributed by atoms with E-state index in [2.05, 4.69) is 31.3 Å². The minimum absolute atomic E-state index is 0.241. The van der Waals surface area contributed by atoms with Crippen LogP contribution >= 0.6 is 0 Å². The molecule has 578 valence electrons. The Kier molecular flexibility index (Phi) is 55.9. The van der Waals surface area contributed by atoms with Gasteiger partial charge in [-0.2, -0.15) is 0 Å². The number of aliphatic hydroxyl groups excluding tert-OH is 11. The summed E-state index contributed by atoms with van der Waals surface area (Å²) in [6.45, 7) is 1.78. The summed E-state index contributed by atoms with van der Waals surface area (Å²) in [7, 11) is 0. The SMILES string of the molecule is CCCCCCCCCCCCCCCCCCCCCC/C=C/CC/C=C/C(O)C(COC1OC(CO)C(OC2OC(CO)C(OC3OC(CO)C(O)C(O)C3O)C(O)C2O)C(O)C1O)NC(=O)CCCCCCCCCCCCCCCCCCCCCCCCCCCCC. The zero-order valence-electron chi connectivity index (χ0n) is 61.8. The van der Waals surface area contributed by atoms with E-state index in [0.29, 0.717) is 12.8 Å². The number of hydrogen-bond donors (Lipinski definition) is 12. The predicted molar refractivity (Wildman–Crippen MR) is 388 cm³/mol. The molecule has 0 aromatic carbocycles. The van der Waals surface area contributed by atoms with E-state index in [4.69, 9.17) is 28.4 Å². The third-order valence-corrected chi connectivity index (χ3v) is 20.5. The molecule has 3 fully saturated rings. The number of nitrogens with one attached hydrogen (secondary N) is 1. The quantitative estimate of drug-likeness (QED) is 0.0199. The number of rotatable bonds is 65. The third kappa shape index (κ3) is 40.5. The maximum atomic E-state index is 13.5. The van der Waals surface area contributed by atoms with Crippen molar-refractivity contribution in [3.05, 3.63) is 24.3 Å². The van der Waals surface area contributed by atoms with Gasteiger partial charge >= 0.3 is 0 Å². The number of unbranched alkanes of at least 4 members (excludes halogenated alkanes) is 47.